The number of ether oxygens (including phenoxy) is 2. The number of carbonyl (C=O) groups is 2. The van der Waals surface area contributed by atoms with Gasteiger partial charge in [0.1, 0.15) is 0 Å². The minimum Gasteiger partial charge on any atom is -0.493 e. The fraction of sp³-hybridized carbons (Fsp3) is 0.357. The van der Waals surface area contributed by atoms with E-state index >= 15 is 0 Å². The smallest absolute Gasteiger partial charge is 0.329 e. The van der Waals surface area contributed by atoms with E-state index in [2.05, 4.69) is 10.4 Å². The van der Waals surface area contributed by atoms with Crippen LogP contribution < -0.4 is 20.2 Å². The van der Waals surface area contributed by atoms with Gasteiger partial charge < -0.3 is 14.8 Å². The highest BCUT2D eigenvalue weighted by molar-refractivity contribution is 6.35. The van der Waals surface area contributed by atoms with E-state index < -0.39 is 16.7 Å². The Hall–Kier alpha value is -3.17. The third kappa shape index (κ3) is 4.18. The van der Waals surface area contributed by atoms with Gasteiger partial charge in [0.15, 0.2) is 11.5 Å². The molecule has 24 heavy (non-hydrogen) atoms. The molecule has 10 heteroatoms. The lowest BCUT2D eigenvalue weighted by Crippen LogP contribution is -2.38. The Kier molecular flexibility index (Phi) is 5.30. The first kappa shape index (κ1) is 17.2. The summed E-state index contributed by atoms with van der Waals surface area (Å²) in [4.78, 5) is 33.5. The van der Waals surface area contributed by atoms with Crippen molar-refractivity contribution in [1.82, 2.24) is 10.7 Å². The van der Waals surface area contributed by atoms with Gasteiger partial charge in [-0.3, -0.25) is 19.7 Å². The van der Waals surface area contributed by atoms with Crippen molar-refractivity contribution < 1.29 is 24.0 Å². The second-order valence-electron chi connectivity index (χ2n) is 4.97. The summed E-state index contributed by atoms with van der Waals surface area (Å²) in [5.41, 5.74) is 1.82. The molecular formula is C14H16N4O6. The molecule has 0 spiro atoms. The second-order valence-corrected chi connectivity index (χ2v) is 4.97. The molecule has 0 aliphatic heterocycles. The predicted octanol–water partition coefficient (Wildman–Crippen LogP) is 0.341. The third-order valence-corrected chi connectivity index (χ3v) is 3.22. The van der Waals surface area contributed by atoms with Crippen LogP contribution in [0.4, 0.5) is 5.69 Å². The van der Waals surface area contributed by atoms with Crippen LogP contribution >= 0.6 is 0 Å². The van der Waals surface area contributed by atoms with Crippen molar-refractivity contribution in [2.24, 2.45) is 5.10 Å². The lowest BCUT2D eigenvalue weighted by molar-refractivity contribution is -0.385. The van der Waals surface area contributed by atoms with Crippen LogP contribution in [0.1, 0.15) is 18.4 Å². The van der Waals surface area contributed by atoms with Crippen LogP contribution in [0, 0.1) is 10.1 Å². The molecule has 1 saturated carbocycles. The summed E-state index contributed by atoms with van der Waals surface area (Å²) in [5.74, 6) is -1.28. The van der Waals surface area contributed by atoms with Crippen LogP contribution in [0.15, 0.2) is 17.2 Å². The van der Waals surface area contributed by atoms with E-state index in [-0.39, 0.29) is 28.8 Å². The minimum atomic E-state index is -0.943. The summed E-state index contributed by atoms with van der Waals surface area (Å²) in [5, 5.41) is 17.2. The van der Waals surface area contributed by atoms with Gasteiger partial charge in [0.25, 0.3) is 5.69 Å². The predicted molar refractivity (Wildman–Crippen MR) is 83.1 cm³/mol. The molecule has 0 atom stereocenters. The Morgan fingerprint density at radius 1 is 1.25 bits per heavy atom. The van der Waals surface area contributed by atoms with E-state index in [1.165, 1.54) is 26.4 Å². The normalized spacial score (nSPS) is 13.4. The Balaban J connectivity index is 2.13. The third-order valence-electron chi connectivity index (χ3n) is 3.22. The maximum absolute atomic E-state index is 11.5. The van der Waals surface area contributed by atoms with Gasteiger partial charge in [-0.15, -0.1) is 0 Å². The first-order chi connectivity index (χ1) is 11.5. The molecule has 1 aliphatic carbocycles. The van der Waals surface area contributed by atoms with Gasteiger partial charge in [0.2, 0.25) is 0 Å². The van der Waals surface area contributed by atoms with Gasteiger partial charge in [-0.1, -0.05) is 0 Å². The molecule has 2 N–H and O–H groups in total. The van der Waals surface area contributed by atoms with Crippen molar-refractivity contribution in [3.8, 4) is 11.5 Å². The number of hydrogen-bond donors (Lipinski definition) is 2. The number of nitro benzene ring substituents is 1. The average molecular weight is 336 g/mol. The van der Waals surface area contributed by atoms with E-state index in [9.17, 15) is 19.7 Å². The highest BCUT2D eigenvalue weighted by Gasteiger charge is 2.26. The molecule has 2 amide bonds. The van der Waals surface area contributed by atoms with Crippen molar-refractivity contribution in [3.63, 3.8) is 0 Å². The molecule has 0 bridgehead atoms. The number of rotatable bonds is 6. The minimum absolute atomic E-state index is 0.0409. The van der Waals surface area contributed by atoms with Gasteiger partial charge in [-0.05, 0) is 18.9 Å². The van der Waals surface area contributed by atoms with Crippen molar-refractivity contribution in [1.29, 1.82) is 0 Å². The van der Waals surface area contributed by atoms with E-state index in [1.807, 2.05) is 5.43 Å². The zero-order valence-corrected chi connectivity index (χ0v) is 13.1. The molecule has 0 unspecified atom stereocenters. The van der Waals surface area contributed by atoms with Gasteiger partial charge in [-0.2, -0.15) is 5.10 Å². The molecule has 2 rings (SSSR count). The second kappa shape index (κ2) is 7.40. The number of nitrogens with zero attached hydrogens (tertiary/aromatic N) is 2. The van der Waals surface area contributed by atoms with E-state index in [4.69, 9.17) is 9.47 Å². The van der Waals surface area contributed by atoms with Gasteiger partial charge >= 0.3 is 11.8 Å². The molecule has 1 aliphatic rings. The molecule has 1 aromatic carbocycles. The quantitative estimate of drug-likeness (QED) is 0.333. The van der Waals surface area contributed by atoms with Crippen LogP contribution in [0.2, 0.25) is 0 Å². The summed E-state index contributed by atoms with van der Waals surface area (Å²) in [6.45, 7) is 0. The van der Waals surface area contributed by atoms with Crippen LogP contribution in [0.3, 0.4) is 0 Å². The molecule has 0 aromatic heterocycles. The van der Waals surface area contributed by atoms with E-state index in [0.29, 0.717) is 0 Å². The summed E-state index contributed by atoms with van der Waals surface area (Å²) in [7, 11) is 2.74. The molecule has 1 fully saturated rings. The van der Waals surface area contributed by atoms with Crippen molar-refractivity contribution in [3.05, 3.63) is 27.8 Å². The lowest BCUT2D eigenvalue weighted by Gasteiger charge is -2.08. The fourth-order valence-corrected chi connectivity index (χ4v) is 1.84. The number of amides is 2. The van der Waals surface area contributed by atoms with Gasteiger partial charge in [-0.25, -0.2) is 5.43 Å². The maximum Gasteiger partial charge on any atom is 0.329 e. The summed E-state index contributed by atoms with van der Waals surface area (Å²) >= 11 is 0. The summed E-state index contributed by atoms with van der Waals surface area (Å²) in [6, 6.07) is 2.57. The molecular weight excluding hydrogens is 320 g/mol. The number of benzene rings is 1. The first-order valence-corrected chi connectivity index (χ1v) is 7.00. The Labute approximate surface area is 137 Å². The highest BCUT2D eigenvalue weighted by Crippen LogP contribution is 2.33. The number of methoxy groups -OCH3 is 2. The van der Waals surface area contributed by atoms with Crippen LogP contribution in [0.25, 0.3) is 0 Å². The van der Waals surface area contributed by atoms with Crippen molar-refractivity contribution in [2.45, 2.75) is 18.9 Å². The molecule has 10 nitrogen and oxygen atoms in total. The Morgan fingerprint density at radius 3 is 2.42 bits per heavy atom. The lowest BCUT2D eigenvalue weighted by atomic mass is 10.1. The van der Waals surface area contributed by atoms with E-state index in [0.717, 1.165) is 19.1 Å². The summed E-state index contributed by atoms with van der Waals surface area (Å²) in [6.07, 6.45) is 2.75. The highest BCUT2D eigenvalue weighted by atomic mass is 16.6. The monoisotopic (exact) mass is 336 g/mol. The number of hydrogen-bond acceptors (Lipinski definition) is 7. The van der Waals surface area contributed by atoms with Gasteiger partial charge in [0.05, 0.1) is 37.0 Å². The van der Waals surface area contributed by atoms with Crippen LogP contribution in [0.5, 0.6) is 11.5 Å². The van der Waals surface area contributed by atoms with Crippen LogP contribution in [-0.2, 0) is 9.59 Å². The standard InChI is InChI=1S/C14H16N4O6/c1-23-11-5-8(10(18(21)22)6-12(11)24-2)7-15-17-14(20)13(19)16-9-3-4-9/h5-7,9H,3-4H2,1-2H3,(H,16,19)(H,17,20)/b15-7-. The molecule has 1 aromatic rings. The zero-order chi connectivity index (χ0) is 17.7. The summed E-state index contributed by atoms with van der Waals surface area (Å²) < 4.78 is 10.1. The van der Waals surface area contributed by atoms with Crippen LogP contribution in [-0.4, -0.2) is 43.2 Å². The van der Waals surface area contributed by atoms with Crippen molar-refractivity contribution in [2.75, 3.05) is 14.2 Å². The maximum atomic E-state index is 11.5. The fourth-order valence-electron chi connectivity index (χ4n) is 1.84. The number of hydrazone groups is 1. The number of nitrogens with one attached hydrogen (secondary N) is 2. The van der Waals surface area contributed by atoms with Gasteiger partial charge in [0, 0.05) is 6.04 Å². The zero-order valence-electron chi connectivity index (χ0n) is 13.1. The number of carbonyl (C=O) groups excluding carboxylic acids is 2. The molecule has 0 radical (unpaired) electrons. The average Bonchev–Trinajstić information content (AvgIpc) is 3.37. The molecule has 0 saturated heterocycles. The Morgan fingerprint density at radius 2 is 1.88 bits per heavy atom. The Bertz CT molecular complexity index is 699. The number of nitro groups is 1. The topological polar surface area (TPSA) is 132 Å². The van der Waals surface area contributed by atoms with Crippen molar-refractivity contribution >= 4 is 23.7 Å². The molecule has 0 heterocycles. The molecule has 128 valence electrons. The first-order valence-electron chi connectivity index (χ1n) is 7.00. The SMILES string of the molecule is COc1cc(/C=N\NC(=O)C(=O)NC2CC2)c([N+](=O)[O-])cc1OC. The van der Waals surface area contributed by atoms with E-state index in [1.54, 1.807) is 0 Å². The largest absolute Gasteiger partial charge is 0.493 e.